The van der Waals surface area contributed by atoms with Crippen LogP contribution in [0.3, 0.4) is 0 Å². The Morgan fingerprint density at radius 1 is 0.594 bits per heavy atom. The summed E-state index contributed by atoms with van der Waals surface area (Å²) in [5, 5.41) is 3.07. The quantitative estimate of drug-likeness (QED) is 0.0846. The van der Waals surface area contributed by atoms with Crippen LogP contribution < -0.4 is 5.32 Å². The lowest BCUT2D eigenvalue weighted by atomic mass is 10.1. The standard InChI is InChI=1S/C29H58N2O/c1-5-9-12-15-18-21-25-31(28-24-30-29(32)8-4,26-22-19-16-13-10-6-2)27-23-20-17-14-11-7-3/h8H,4-7,9-28H2,1-3H3/p+1. The summed E-state index contributed by atoms with van der Waals surface area (Å²) < 4.78 is 1.22. The lowest BCUT2D eigenvalue weighted by Crippen LogP contribution is -2.53. The van der Waals surface area contributed by atoms with Crippen molar-refractivity contribution in [1.82, 2.24) is 5.32 Å². The highest BCUT2D eigenvalue weighted by Gasteiger charge is 2.26. The smallest absolute Gasteiger partial charge is 0.243 e. The largest absolute Gasteiger partial charge is 0.347 e. The Morgan fingerprint density at radius 2 is 0.938 bits per heavy atom. The summed E-state index contributed by atoms with van der Waals surface area (Å²) in [4.78, 5) is 11.7. The van der Waals surface area contributed by atoms with Crippen molar-refractivity contribution in [3.63, 3.8) is 0 Å². The molecule has 0 aliphatic heterocycles. The van der Waals surface area contributed by atoms with Crippen molar-refractivity contribution in [1.29, 1.82) is 0 Å². The van der Waals surface area contributed by atoms with E-state index in [4.69, 9.17) is 0 Å². The Morgan fingerprint density at radius 3 is 1.28 bits per heavy atom. The van der Waals surface area contributed by atoms with Crippen LogP contribution in [-0.4, -0.2) is 43.1 Å². The van der Waals surface area contributed by atoms with Crippen LogP contribution in [0.1, 0.15) is 136 Å². The van der Waals surface area contributed by atoms with Crippen molar-refractivity contribution in [2.24, 2.45) is 0 Å². The third-order valence-electron chi connectivity index (χ3n) is 7.03. The summed E-state index contributed by atoms with van der Waals surface area (Å²) in [5.41, 5.74) is 0. The van der Waals surface area contributed by atoms with Gasteiger partial charge in [0.15, 0.2) is 0 Å². The molecule has 0 aliphatic rings. The van der Waals surface area contributed by atoms with E-state index in [0.717, 1.165) is 13.1 Å². The second-order valence-corrected chi connectivity index (χ2v) is 10.0. The van der Waals surface area contributed by atoms with Gasteiger partial charge in [-0.25, -0.2) is 0 Å². The van der Waals surface area contributed by atoms with Gasteiger partial charge in [-0.3, -0.25) is 4.79 Å². The number of unbranched alkanes of at least 4 members (excludes halogenated alkanes) is 15. The summed E-state index contributed by atoms with van der Waals surface area (Å²) in [6.45, 7) is 16.2. The summed E-state index contributed by atoms with van der Waals surface area (Å²) in [7, 11) is 0. The molecule has 0 aromatic heterocycles. The predicted octanol–water partition coefficient (Wildman–Crippen LogP) is 8.19. The molecule has 0 fully saturated rings. The summed E-state index contributed by atoms with van der Waals surface area (Å²) >= 11 is 0. The second-order valence-electron chi connectivity index (χ2n) is 10.0. The maximum atomic E-state index is 11.7. The van der Waals surface area contributed by atoms with Crippen LogP contribution in [0, 0.1) is 0 Å². The number of quaternary nitrogens is 1. The molecular formula is C29H59N2O+. The molecule has 3 heteroatoms. The van der Waals surface area contributed by atoms with E-state index in [9.17, 15) is 4.79 Å². The van der Waals surface area contributed by atoms with Gasteiger partial charge in [-0.2, -0.15) is 0 Å². The lowest BCUT2D eigenvalue weighted by molar-refractivity contribution is -0.927. The van der Waals surface area contributed by atoms with E-state index in [1.165, 1.54) is 146 Å². The van der Waals surface area contributed by atoms with Crippen molar-refractivity contribution in [3.8, 4) is 0 Å². The van der Waals surface area contributed by atoms with E-state index in [0.29, 0.717) is 0 Å². The summed E-state index contributed by atoms with van der Waals surface area (Å²) in [5.74, 6) is -0.0261. The van der Waals surface area contributed by atoms with E-state index in [1.807, 2.05) is 0 Å². The zero-order chi connectivity index (χ0) is 23.8. The number of carbonyl (C=O) groups excluding carboxylic acids is 1. The zero-order valence-corrected chi connectivity index (χ0v) is 22.4. The average Bonchev–Trinajstić information content (AvgIpc) is 2.80. The average molecular weight is 452 g/mol. The molecule has 0 unspecified atom stereocenters. The molecule has 1 amide bonds. The maximum Gasteiger partial charge on any atom is 0.243 e. The third-order valence-corrected chi connectivity index (χ3v) is 7.03. The highest BCUT2D eigenvalue weighted by atomic mass is 16.1. The highest BCUT2D eigenvalue weighted by Crippen LogP contribution is 2.18. The van der Waals surface area contributed by atoms with Gasteiger partial charge < -0.3 is 9.80 Å². The van der Waals surface area contributed by atoms with Gasteiger partial charge in [-0.05, 0) is 44.6 Å². The SMILES string of the molecule is C=CC(=O)NCC[N+](CCCCCCCC)(CCCCCCCC)CCCCCCCC. The van der Waals surface area contributed by atoms with E-state index < -0.39 is 0 Å². The van der Waals surface area contributed by atoms with E-state index in [1.54, 1.807) is 0 Å². The van der Waals surface area contributed by atoms with E-state index in [2.05, 4.69) is 32.7 Å². The van der Waals surface area contributed by atoms with Crippen LogP contribution >= 0.6 is 0 Å². The topological polar surface area (TPSA) is 29.1 Å². The minimum atomic E-state index is -0.0261. The number of amides is 1. The Kier molecular flexibility index (Phi) is 22.7. The maximum absolute atomic E-state index is 11.7. The van der Waals surface area contributed by atoms with Gasteiger partial charge in [0, 0.05) is 0 Å². The first-order valence-electron chi connectivity index (χ1n) is 14.4. The van der Waals surface area contributed by atoms with Crippen LogP contribution in [0.5, 0.6) is 0 Å². The molecule has 0 aromatic rings. The van der Waals surface area contributed by atoms with Crippen LogP contribution in [-0.2, 0) is 4.79 Å². The second kappa shape index (κ2) is 23.3. The molecule has 3 nitrogen and oxygen atoms in total. The lowest BCUT2D eigenvalue weighted by Gasteiger charge is -2.39. The summed E-state index contributed by atoms with van der Waals surface area (Å²) in [6, 6.07) is 0. The van der Waals surface area contributed by atoms with Crippen molar-refractivity contribution in [2.45, 2.75) is 136 Å². The fourth-order valence-corrected chi connectivity index (χ4v) is 4.84. The van der Waals surface area contributed by atoms with Gasteiger partial charge >= 0.3 is 0 Å². The molecule has 0 bridgehead atoms. The monoisotopic (exact) mass is 451 g/mol. The number of carbonyl (C=O) groups is 1. The minimum Gasteiger partial charge on any atom is -0.347 e. The molecule has 32 heavy (non-hydrogen) atoms. The number of nitrogens with zero attached hydrogens (tertiary/aromatic N) is 1. The molecule has 0 aromatic carbocycles. The van der Waals surface area contributed by atoms with Gasteiger partial charge in [0.25, 0.3) is 0 Å². The first-order chi connectivity index (χ1) is 15.6. The van der Waals surface area contributed by atoms with Crippen LogP contribution in [0.15, 0.2) is 12.7 Å². The van der Waals surface area contributed by atoms with Crippen molar-refractivity contribution >= 4 is 5.91 Å². The minimum absolute atomic E-state index is 0.0261. The molecule has 0 radical (unpaired) electrons. The summed E-state index contributed by atoms with van der Waals surface area (Å²) in [6.07, 6.45) is 25.9. The van der Waals surface area contributed by atoms with E-state index in [-0.39, 0.29) is 5.91 Å². The number of nitrogens with one attached hydrogen (secondary N) is 1. The molecule has 0 spiro atoms. The van der Waals surface area contributed by atoms with Crippen molar-refractivity contribution < 1.29 is 9.28 Å². The van der Waals surface area contributed by atoms with Gasteiger partial charge in [0.1, 0.15) is 0 Å². The third kappa shape index (κ3) is 18.7. The number of rotatable bonds is 25. The Labute approximate surface area is 202 Å². The first kappa shape index (κ1) is 31.2. The molecule has 0 rings (SSSR count). The van der Waals surface area contributed by atoms with Crippen LogP contribution in [0.25, 0.3) is 0 Å². The molecule has 190 valence electrons. The molecule has 0 saturated heterocycles. The van der Waals surface area contributed by atoms with E-state index >= 15 is 0 Å². The van der Waals surface area contributed by atoms with Gasteiger partial charge in [-0.1, -0.05) is 104 Å². The van der Waals surface area contributed by atoms with Crippen molar-refractivity contribution in [2.75, 3.05) is 32.7 Å². The predicted molar refractivity (Wildman–Crippen MR) is 143 cm³/mol. The molecule has 0 heterocycles. The normalized spacial score (nSPS) is 11.6. The Bertz CT molecular complexity index is 381. The van der Waals surface area contributed by atoms with Crippen LogP contribution in [0.2, 0.25) is 0 Å². The van der Waals surface area contributed by atoms with Gasteiger partial charge in [-0.15, -0.1) is 0 Å². The highest BCUT2D eigenvalue weighted by molar-refractivity contribution is 5.86. The molecular weight excluding hydrogens is 392 g/mol. The van der Waals surface area contributed by atoms with Crippen LogP contribution in [0.4, 0.5) is 0 Å². The van der Waals surface area contributed by atoms with Crippen molar-refractivity contribution in [3.05, 3.63) is 12.7 Å². The molecule has 1 N–H and O–H groups in total. The molecule has 0 saturated carbocycles. The van der Waals surface area contributed by atoms with Gasteiger partial charge in [0.2, 0.25) is 5.91 Å². The molecule has 0 aliphatic carbocycles. The molecule has 0 atom stereocenters. The number of hydrogen-bond donors (Lipinski definition) is 1. The fourth-order valence-electron chi connectivity index (χ4n) is 4.84. The van der Waals surface area contributed by atoms with Gasteiger partial charge in [0.05, 0.1) is 32.7 Å². The first-order valence-corrected chi connectivity index (χ1v) is 14.4. The Balaban J connectivity index is 4.83. The fraction of sp³-hybridized carbons (Fsp3) is 0.897. The Hall–Kier alpha value is -0.830. The number of hydrogen-bond acceptors (Lipinski definition) is 1. The zero-order valence-electron chi connectivity index (χ0n) is 22.4.